The van der Waals surface area contributed by atoms with Crippen molar-refractivity contribution in [2.45, 2.75) is 0 Å². The number of methoxy groups -OCH3 is 1. The number of anilines is 1. The Balaban J connectivity index is 1.86. The average molecular weight is 356 g/mol. The van der Waals surface area contributed by atoms with E-state index in [1.165, 1.54) is 31.4 Å². The van der Waals surface area contributed by atoms with Crippen molar-refractivity contribution < 1.29 is 24.0 Å². The van der Waals surface area contributed by atoms with Crippen LogP contribution in [0, 0.1) is 10.1 Å². The summed E-state index contributed by atoms with van der Waals surface area (Å²) in [7, 11) is 1.53. The molecule has 0 atom stereocenters. The second-order valence-corrected chi connectivity index (χ2v) is 5.03. The Bertz CT molecular complexity index is 830. The molecule has 26 heavy (non-hydrogen) atoms. The summed E-state index contributed by atoms with van der Waals surface area (Å²) in [6.07, 6.45) is 2.30. The smallest absolute Gasteiger partial charge is 0.331 e. The molecule has 0 heterocycles. The first-order chi connectivity index (χ1) is 12.5. The number of nitrogens with zero attached hydrogens (tertiary/aromatic N) is 1. The van der Waals surface area contributed by atoms with Crippen molar-refractivity contribution >= 4 is 29.3 Å². The van der Waals surface area contributed by atoms with Crippen LogP contribution in [0.15, 0.2) is 54.6 Å². The quantitative estimate of drug-likeness (QED) is 0.354. The van der Waals surface area contributed by atoms with E-state index in [4.69, 9.17) is 9.47 Å². The van der Waals surface area contributed by atoms with Crippen LogP contribution >= 0.6 is 0 Å². The van der Waals surface area contributed by atoms with Gasteiger partial charge >= 0.3 is 5.97 Å². The van der Waals surface area contributed by atoms with E-state index in [0.29, 0.717) is 11.4 Å². The highest BCUT2D eigenvalue weighted by molar-refractivity contribution is 5.94. The number of ether oxygens (including phenoxy) is 2. The van der Waals surface area contributed by atoms with Gasteiger partial charge in [-0.05, 0) is 36.4 Å². The second-order valence-electron chi connectivity index (χ2n) is 5.03. The van der Waals surface area contributed by atoms with Gasteiger partial charge in [-0.15, -0.1) is 0 Å². The maximum Gasteiger partial charge on any atom is 0.331 e. The normalized spacial score (nSPS) is 10.3. The third-order valence-corrected chi connectivity index (χ3v) is 3.25. The number of carbonyl (C=O) groups is 2. The molecule has 2 rings (SSSR count). The van der Waals surface area contributed by atoms with Crippen LogP contribution in [0.1, 0.15) is 5.56 Å². The van der Waals surface area contributed by atoms with E-state index in [1.54, 1.807) is 30.3 Å². The minimum Gasteiger partial charge on any atom is -0.497 e. The van der Waals surface area contributed by atoms with Gasteiger partial charge in [-0.25, -0.2) is 4.79 Å². The molecule has 0 aliphatic carbocycles. The minimum absolute atomic E-state index is 0.131. The molecule has 1 amide bonds. The Morgan fingerprint density at radius 2 is 1.85 bits per heavy atom. The lowest BCUT2D eigenvalue weighted by atomic mass is 10.1. The van der Waals surface area contributed by atoms with Crippen molar-refractivity contribution in [3.05, 3.63) is 70.3 Å². The lowest BCUT2D eigenvalue weighted by Crippen LogP contribution is -2.20. The fourth-order valence-corrected chi connectivity index (χ4v) is 2.01. The number of para-hydroxylation sites is 1. The van der Waals surface area contributed by atoms with Crippen LogP contribution in [0.2, 0.25) is 0 Å². The summed E-state index contributed by atoms with van der Waals surface area (Å²) in [5.74, 6) is -0.648. The lowest BCUT2D eigenvalue weighted by molar-refractivity contribution is -0.385. The van der Waals surface area contributed by atoms with Crippen LogP contribution in [0.25, 0.3) is 6.08 Å². The number of nitro groups is 1. The molecule has 0 spiro atoms. The van der Waals surface area contributed by atoms with E-state index in [0.717, 1.165) is 6.08 Å². The second kappa shape index (κ2) is 8.97. The summed E-state index contributed by atoms with van der Waals surface area (Å²) < 4.78 is 9.82. The number of carbonyl (C=O) groups excluding carboxylic acids is 2. The van der Waals surface area contributed by atoms with Gasteiger partial charge in [0, 0.05) is 17.8 Å². The number of benzene rings is 2. The fraction of sp³-hybridized carbons (Fsp3) is 0.111. The number of nitrogens with one attached hydrogen (secondary N) is 1. The van der Waals surface area contributed by atoms with E-state index < -0.39 is 23.4 Å². The number of nitro benzene ring substituents is 1. The van der Waals surface area contributed by atoms with Crippen LogP contribution in [-0.2, 0) is 14.3 Å². The molecule has 0 unspecified atom stereocenters. The molecular formula is C18H16N2O6. The van der Waals surface area contributed by atoms with Gasteiger partial charge in [0.2, 0.25) is 0 Å². The van der Waals surface area contributed by atoms with Gasteiger partial charge in [-0.3, -0.25) is 14.9 Å². The van der Waals surface area contributed by atoms with Gasteiger partial charge in [-0.1, -0.05) is 12.1 Å². The third-order valence-electron chi connectivity index (χ3n) is 3.25. The molecule has 8 heteroatoms. The van der Waals surface area contributed by atoms with Crippen LogP contribution in [0.5, 0.6) is 5.75 Å². The summed E-state index contributed by atoms with van der Waals surface area (Å²) in [5, 5.41) is 13.5. The Labute approximate surface area is 149 Å². The number of rotatable bonds is 7. The van der Waals surface area contributed by atoms with E-state index in [9.17, 15) is 19.7 Å². The topological polar surface area (TPSA) is 108 Å². The summed E-state index contributed by atoms with van der Waals surface area (Å²) >= 11 is 0. The molecule has 8 nitrogen and oxygen atoms in total. The summed E-state index contributed by atoms with van der Waals surface area (Å²) in [6, 6.07) is 12.6. The van der Waals surface area contributed by atoms with Crippen molar-refractivity contribution in [2.75, 3.05) is 19.0 Å². The molecule has 0 aliphatic rings. The van der Waals surface area contributed by atoms with Crippen molar-refractivity contribution in [3.8, 4) is 5.75 Å². The number of hydrogen-bond donors (Lipinski definition) is 1. The zero-order chi connectivity index (χ0) is 18.9. The molecule has 134 valence electrons. The predicted molar refractivity (Wildman–Crippen MR) is 94.7 cm³/mol. The SMILES string of the molecule is COc1ccc(NC(=O)COC(=O)/C=C/c2ccccc2[N+](=O)[O-])cc1. The summed E-state index contributed by atoms with van der Waals surface area (Å²) in [5.41, 5.74) is 0.660. The van der Waals surface area contributed by atoms with Crippen LogP contribution < -0.4 is 10.1 Å². The van der Waals surface area contributed by atoms with Gasteiger partial charge in [0.25, 0.3) is 11.6 Å². The predicted octanol–water partition coefficient (Wildman–Crippen LogP) is 2.80. The van der Waals surface area contributed by atoms with Crippen molar-refractivity contribution in [1.29, 1.82) is 0 Å². The summed E-state index contributed by atoms with van der Waals surface area (Å²) in [4.78, 5) is 33.8. The highest BCUT2D eigenvalue weighted by Crippen LogP contribution is 2.19. The van der Waals surface area contributed by atoms with Gasteiger partial charge in [0.1, 0.15) is 5.75 Å². The van der Waals surface area contributed by atoms with Crippen molar-refractivity contribution in [3.63, 3.8) is 0 Å². The molecule has 0 fully saturated rings. The zero-order valence-corrected chi connectivity index (χ0v) is 13.9. The van der Waals surface area contributed by atoms with Crippen LogP contribution in [0.3, 0.4) is 0 Å². The average Bonchev–Trinajstić information content (AvgIpc) is 2.65. The van der Waals surface area contributed by atoms with Crippen LogP contribution in [0.4, 0.5) is 11.4 Å². The molecule has 1 N–H and O–H groups in total. The van der Waals surface area contributed by atoms with E-state index >= 15 is 0 Å². The standard InChI is InChI=1S/C18H16N2O6/c1-25-15-9-7-14(8-10-15)19-17(21)12-26-18(22)11-6-13-4-2-3-5-16(13)20(23)24/h2-11H,12H2,1H3,(H,19,21)/b11-6+. The Kier molecular flexibility index (Phi) is 6.44. The Morgan fingerprint density at radius 3 is 2.50 bits per heavy atom. The number of hydrogen-bond acceptors (Lipinski definition) is 6. The molecule has 0 bridgehead atoms. The monoisotopic (exact) mass is 356 g/mol. The molecule has 2 aromatic rings. The van der Waals surface area contributed by atoms with Gasteiger partial charge in [0.15, 0.2) is 6.61 Å². The van der Waals surface area contributed by atoms with Crippen molar-refractivity contribution in [1.82, 2.24) is 0 Å². The highest BCUT2D eigenvalue weighted by Gasteiger charge is 2.10. The van der Waals surface area contributed by atoms with Crippen LogP contribution in [-0.4, -0.2) is 30.5 Å². The minimum atomic E-state index is -0.784. The van der Waals surface area contributed by atoms with Gasteiger partial charge in [-0.2, -0.15) is 0 Å². The van der Waals surface area contributed by atoms with Gasteiger partial charge < -0.3 is 14.8 Å². The maximum absolute atomic E-state index is 11.8. The lowest BCUT2D eigenvalue weighted by Gasteiger charge is -2.06. The number of esters is 1. The van der Waals surface area contributed by atoms with E-state index in [-0.39, 0.29) is 11.3 Å². The third kappa shape index (κ3) is 5.45. The first-order valence-electron chi connectivity index (χ1n) is 7.52. The van der Waals surface area contributed by atoms with E-state index in [2.05, 4.69) is 5.32 Å². The first kappa shape index (κ1) is 18.7. The molecule has 0 aromatic heterocycles. The van der Waals surface area contributed by atoms with Crippen molar-refractivity contribution in [2.24, 2.45) is 0 Å². The Morgan fingerprint density at radius 1 is 1.15 bits per heavy atom. The molecular weight excluding hydrogens is 340 g/mol. The first-order valence-corrected chi connectivity index (χ1v) is 7.52. The largest absolute Gasteiger partial charge is 0.497 e. The van der Waals surface area contributed by atoms with E-state index in [1.807, 2.05) is 0 Å². The molecule has 0 radical (unpaired) electrons. The summed E-state index contributed by atoms with van der Waals surface area (Å²) in [6.45, 7) is -0.480. The maximum atomic E-state index is 11.8. The molecule has 0 aliphatic heterocycles. The Hall–Kier alpha value is -3.68. The molecule has 0 saturated heterocycles. The number of amides is 1. The highest BCUT2D eigenvalue weighted by atomic mass is 16.6. The molecule has 2 aromatic carbocycles. The zero-order valence-electron chi connectivity index (χ0n) is 13.9. The fourth-order valence-electron chi connectivity index (χ4n) is 2.01. The molecule has 0 saturated carbocycles. The van der Waals surface area contributed by atoms with Gasteiger partial charge in [0.05, 0.1) is 17.6 Å².